The first-order chi connectivity index (χ1) is 8.10. The molecule has 1 unspecified atom stereocenters. The molecular weight excluding hydrogens is 214 g/mol. The molecule has 1 aromatic carbocycles. The standard InChI is InChI=1S/C14H21NO2/c1-5-11-8-6-7-9-12(11)13(14(16)17-4)15-10(2)3/h6-10,13,15H,5H2,1-4H3. The van der Waals surface area contributed by atoms with Crippen LogP contribution >= 0.6 is 0 Å². The van der Waals surface area contributed by atoms with Gasteiger partial charge in [0.1, 0.15) is 6.04 Å². The average Bonchev–Trinajstić information content (AvgIpc) is 2.34. The summed E-state index contributed by atoms with van der Waals surface area (Å²) in [4.78, 5) is 11.8. The number of esters is 1. The van der Waals surface area contributed by atoms with E-state index in [1.807, 2.05) is 38.1 Å². The monoisotopic (exact) mass is 235 g/mol. The number of nitrogens with one attached hydrogen (secondary N) is 1. The lowest BCUT2D eigenvalue weighted by molar-refractivity contribution is -0.143. The lowest BCUT2D eigenvalue weighted by atomic mass is 9.98. The maximum absolute atomic E-state index is 11.8. The molecule has 0 spiro atoms. The van der Waals surface area contributed by atoms with E-state index in [9.17, 15) is 4.79 Å². The summed E-state index contributed by atoms with van der Waals surface area (Å²) in [6.45, 7) is 6.12. The van der Waals surface area contributed by atoms with E-state index in [1.54, 1.807) is 0 Å². The summed E-state index contributed by atoms with van der Waals surface area (Å²) in [5.41, 5.74) is 2.19. The third-order valence-electron chi connectivity index (χ3n) is 2.68. The second kappa shape index (κ2) is 6.40. The topological polar surface area (TPSA) is 38.3 Å². The summed E-state index contributed by atoms with van der Waals surface area (Å²) in [5.74, 6) is -0.236. The second-order valence-corrected chi connectivity index (χ2v) is 4.33. The highest BCUT2D eigenvalue weighted by molar-refractivity contribution is 5.78. The minimum Gasteiger partial charge on any atom is -0.468 e. The highest BCUT2D eigenvalue weighted by atomic mass is 16.5. The molecule has 17 heavy (non-hydrogen) atoms. The molecule has 0 aliphatic heterocycles. The van der Waals surface area contributed by atoms with E-state index in [-0.39, 0.29) is 18.1 Å². The molecule has 0 fully saturated rings. The van der Waals surface area contributed by atoms with E-state index in [2.05, 4.69) is 12.2 Å². The Balaban J connectivity index is 3.07. The Morgan fingerprint density at radius 1 is 1.35 bits per heavy atom. The SMILES string of the molecule is CCc1ccccc1C(NC(C)C)C(=O)OC. The van der Waals surface area contributed by atoms with Crippen LogP contribution in [0.15, 0.2) is 24.3 Å². The number of aryl methyl sites for hydroxylation is 1. The van der Waals surface area contributed by atoms with Gasteiger partial charge < -0.3 is 4.74 Å². The summed E-state index contributed by atoms with van der Waals surface area (Å²) in [6.07, 6.45) is 0.906. The summed E-state index contributed by atoms with van der Waals surface area (Å²) in [6, 6.07) is 7.82. The molecule has 0 aromatic heterocycles. The molecule has 0 radical (unpaired) electrons. The van der Waals surface area contributed by atoms with Crippen molar-refractivity contribution in [2.45, 2.75) is 39.3 Å². The molecule has 3 heteroatoms. The molecule has 1 aromatic rings. The highest BCUT2D eigenvalue weighted by Gasteiger charge is 2.23. The zero-order chi connectivity index (χ0) is 12.8. The number of hydrogen-bond acceptors (Lipinski definition) is 3. The summed E-state index contributed by atoms with van der Waals surface area (Å²) >= 11 is 0. The van der Waals surface area contributed by atoms with E-state index < -0.39 is 0 Å². The molecule has 0 saturated heterocycles. The van der Waals surface area contributed by atoms with Crippen molar-refractivity contribution in [2.75, 3.05) is 7.11 Å². The van der Waals surface area contributed by atoms with Gasteiger partial charge in [-0.25, -0.2) is 4.79 Å². The van der Waals surface area contributed by atoms with Crippen LogP contribution < -0.4 is 5.32 Å². The summed E-state index contributed by atoms with van der Waals surface area (Å²) in [7, 11) is 1.42. The first-order valence-corrected chi connectivity index (χ1v) is 6.01. The van der Waals surface area contributed by atoms with Gasteiger partial charge in [0.2, 0.25) is 0 Å². The number of methoxy groups -OCH3 is 1. The van der Waals surface area contributed by atoms with Crippen molar-refractivity contribution in [1.82, 2.24) is 5.32 Å². The zero-order valence-corrected chi connectivity index (χ0v) is 11.0. The van der Waals surface area contributed by atoms with E-state index in [0.29, 0.717) is 0 Å². The fraction of sp³-hybridized carbons (Fsp3) is 0.500. The minimum absolute atomic E-state index is 0.226. The smallest absolute Gasteiger partial charge is 0.327 e. The molecule has 1 atom stereocenters. The van der Waals surface area contributed by atoms with Crippen molar-refractivity contribution in [1.29, 1.82) is 0 Å². The Hall–Kier alpha value is -1.35. The van der Waals surface area contributed by atoms with Crippen LogP contribution in [0.1, 0.15) is 37.9 Å². The van der Waals surface area contributed by atoms with Crippen molar-refractivity contribution in [3.8, 4) is 0 Å². The van der Waals surface area contributed by atoms with Crippen molar-refractivity contribution in [3.05, 3.63) is 35.4 Å². The Morgan fingerprint density at radius 3 is 2.53 bits per heavy atom. The van der Waals surface area contributed by atoms with Gasteiger partial charge in [-0.05, 0) is 31.4 Å². The minimum atomic E-state index is -0.379. The van der Waals surface area contributed by atoms with Crippen LogP contribution in [0.4, 0.5) is 0 Å². The van der Waals surface area contributed by atoms with Crippen molar-refractivity contribution in [3.63, 3.8) is 0 Å². The molecule has 0 aliphatic carbocycles. The predicted molar refractivity (Wildman–Crippen MR) is 68.8 cm³/mol. The molecule has 3 nitrogen and oxygen atoms in total. The molecular formula is C14H21NO2. The molecule has 0 heterocycles. The van der Waals surface area contributed by atoms with E-state index in [4.69, 9.17) is 4.74 Å². The average molecular weight is 235 g/mol. The van der Waals surface area contributed by atoms with Gasteiger partial charge in [0, 0.05) is 6.04 Å². The normalized spacial score (nSPS) is 12.5. The van der Waals surface area contributed by atoms with Gasteiger partial charge in [-0.15, -0.1) is 0 Å². The van der Waals surface area contributed by atoms with Gasteiger partial charge in [0.05, 0.1) is 7.11 Å². The Bertz CT molecular complexity index is 374. The number of hydrogen-bond donors (Lipinski definition) is 1. The predicted octanol–water partition coefficient (Wildman–Crippen LogP) is 2.46. The van der Waals surface area contributed by atoms with Crippen LogP contribution in [0.5, 0.6) is 0 Å². The molecule has 1 rings (SSSR count). The maximum atomic E-state index is 11.8. The van der Waals surface area contributed by atoms with Crippen molar-refractivity contribution in [2.24, 2.45) is 0 Å². The Kier molecular flexibility index (Phi) is 5.16. The molecule has 94 valence electrons. The van der Waals surface area contributed by atoms with Crippen LogP contribution in [-0.2, 0) is 16.0 Å². The molecule has 0 saturated carbocycles. The van der Waals surface area contributed by atoms with Crippen molar-refractivity contribution >= 4 is 5.97 Å². The first kappa shape index (κ1) is 13.7. The third kappa shape index (κ3) is 3.56. The molecule has 0 aliphatic rings. The number of carbonyl (C=O) groups is 1. The van der Waals surface area contributed by atoms with E-state index >= 15 is 0 Å². The van der Waals surface area contributed by atoms with Gasteiger partial charge >= 0.3 is 5.97 Å². The van der Waals surface area contributed by atoms with Crippen LogP contribution in [0.25, 0.3) is 0 Å². The fourth-order valence-electron chi connectivity index (χ4n) is 1.87. The van der Waals surface area contributed by atoms with E-state index in [0.717, 1.165) is 12.0 Å². The zero-order valence-electron chi connectivity index (χ0n) is 11.0. The molecule has 1 N–H and O–H groups in total. The van der Waals surface area contributed by atoms with Crippen LogP contribution in [0.3, 0.4) is 0 Å². The molecule has 0 amide bonds. The lowest BCUT2D eigenvalue weighted by Crippen LogP contribution is -2.35. The van der Waals surface area contributed by atoms with Crippen LogP contribution in [0.2, 0.25) is 0 Å². The fourth-order valence-corrected chi connectivity index (χ4v) is 1.87. The lowest BCUT2D eigenvalue weighted by Gasteiger charge is -2.21. The summed E-state index contributed by atoms with van der Waals surface area (Å²) in [5, 5.41) is 3.25. The number of carbonyl (C=O) groups excluding carboxylic acids is 1. The maximum Gasteiger partial charge on any atom is 0.327 e. The van der Waals surface area contributed by atoms with E-state index in [1.165, 1.54) is 12.7 Å². The van der Waals surface area contributed by atoms with Gasteiger partial charge in [0.15, 0.2) is 0 Å². The van der Waals surface area contributed by atoms with Gasteiger partial charge in [-0.3, -0.25) is 5.32 Å². The van der Waals surface area contributed by atoms with Gasteiger partial charge in [-0.2, -0.15) is 0 Å². The Morgan fingerprint density at radius 2 is 2.00 bits per heavy atom. The Labute approximate surface area is 103 Å². The van der Waals surface area contributed by atoms with Crippen molar-refractivity contribution < 1.29 is 9.53 Å². The largest absolute Gasteiger partial charge is 0.468 e. The number of rotatable bonds is 5. The second-order valence-electron chi connectivity index (χ2n) is 4.33. The summed E-state index contributed by atoms with van der Waals surface area (Å²) < 4.78 is 4.87. The quantitative estimate of drug-likeness (QED) is 0.797. The number of benzene rings is 1. The van der Waals surface area contributed by atoms with Crippen LogP contribution in [0, 0.1) is 0 Å². The highest BCUT2D eigenvalue weighted by Crippen LogP contribution is 2.20. The van der Waals surface area contributed by atoms with Gasteiger partial charge in [-0.1, -0.05) is 31.2 Å². The number of ether oxygens (including phenoxy) is 1. The molecule has 0 bridgehead atoms. The van der Waals surface area contributed by atoms with Crippen LogP contribution in [-0.4, -0.2) is 19.1 Å². The first-order valence-electron chi connectivity index (χ1n) is 6.01. The third-order valence-corrected chi connectivity index (χ3v) is 2.68. The van der Waals surface area contributed by atoms with Gasteiger partial charge in [0.25, 0.3) is 0 Å².